The van der Waals surface area contributed by atoms with Crippen LogP contribution in [-0.2, 0) is 0 Å². The van der Waals surface area contributed by atoms with Gasteiger partial charge in [-0.3, -0.25) is 4.79 Å². The van der Waals surface area contributed by atoms with Gasteiger partial charge in [-0.25, -0.2) is 0 Å². The van der Waals surface area contributed by atoms with Crippen LogP contribution in [0.25, 0.3) is 0 Å². The van der Waals surface area contributed by atoms with E-state index in [0.29, 0.717) is 12.1 Å². The molecule has 3 N–H and O–H groups in total. The number of hydrogen-bond donors (Lipinski definition) is 3. The summed E-state index contributed by atoms with van der Waals surface area (Å²) in [7, 11) is 0. The van der Waals surface area contributed by atoms with Gasteiger partial charge in [-0.05, 0) is 37.5 Å². The first kappa shape index (κ1) is 12.5. The van der Waals surface area contributed by atoms with Gasteiger partial charge < -0.3 is 15.5 Å². The Morgan fingerprint density at radius 2 is 2.06 bits per heavy atom. The molecule has 0 aliphatic heterocycles. The Hall–Kier alpha value is -1.55. The number of aromatic hydroxyl groups is 1. The van der Waals surface area contributed by atoms with Crippen LogP contribution in [0.4, 0.5) is 0 Å². The molecule has 0 atom stereocenters. The van der Waals surface area contributed by atoms with Crippen LogP contribution >= 0.6 is 0 Å². The molecule has 0 fully saturated rings. The standard InChI is InChI=1S/C12H17NO3/c14-8-3-1-2-7-13-12(16)10-5-4-6-11(15)9-10/h4-6,9,14-15H,1-3,7-8H2,(H,13,16). The number of aliphatic hydroxyl groups excluding tert-OH is 1. The number of carbonyl (C=O) groups excluding carboxylic acids is 1. The molecule has 0 aliphatic carbocycles. The minimum absolute atomic E-state index is 0.0907. The van der Waals surface area contributed by atoms with Gasteiger partial charge in [-0.15, -0.1) is 0 Å². The van der Waals surface area contributed by atoms with Gasteiger partial charge in [-0.1, -0.05) is 6.07 Å². The van der Waals surface area contributed by atoms with Crippen molar-refractivity contribution in [3.8, 4) is 5.75 Å². The summed E-state index contributed by atoms with van der Waals surface area (Å²) in [6.45, 7) is 0.787. The molecule has 0 saturated carbocycles. The van der Waals surface area contributed by atoms with Gasteiger partial charge in [0.1, 0.15) is 5.75 Å². The van der Waals surface area contributed by atoms with Gasteiger partial charge in [0.15, 0.2) is 0 Å². The van der Waals surface area contributed by atoms with Gasteiger partial charge in [-0.2, -0.15) is 0 Å². The summed E-state index contributed by atoms with van der Waals surface area (Å²) in [6.07, 6.45) is 2.52. The Labute approximate surface area is 94.9 Å². The fourth-order valence-corrected chi connectivity index (χ4v) is 1.36. The number of aliphatic hydroxyl groups is 1. The van der Waals surface area contributed by atoms with Crippen molar-refractivity contribution in [1.29, 1.82) is 0 Å². The van der Waals surface area contributed by atoms with Crippen LogP contribution in [0.15, 0.2) is 24.3 Å². The van der Waals surface area contributed by atoms with Crippen molar-refractivity contribution in [2.45, 2.75) is 19.3 Å². The quantitative estimate of drug-likeness (QED) is 0.636. The second-order valence-corrected chi connectivity index (χ2v) is 3.59. The summed E-state index contributed by atoms with van der Waals surface area (Å²) in [5.41, 5.74) is 0.460. The number of hydrogen-bond acceptors (Lipinski definition) is 3. The summed E-state index contributed by atoms with van der Waals surface area (Å²) in [5.74, 6) is -0.0900. The normalized spacial score (nSPS) is 10.1. The number of carbonyl (C=O) groups is 1. The molecule has 88 valence electrons. The molecule has 0 bridgehead atoms. The van der Waals surface area contributed by atoms with Gasteiger partial charge in [0.2, 0.25) is 0 Å². The number of phenolic OH excluding ortho intramolecular Hbond substituents is 1. The average Bonchev–Trinajstić information content (AvgIpc) is 2.28. The number of nitrogens with one attached hydrogen (secondary N) is 1. The van der Waals surface area contributed by atoms with Crippen LogP contribution in [0.3, 0.4) is 0 Å². The summed E-state index contributed by atoms with van der Waals surface area (Å²) in [4.78, 5) is 11.6. The van der Waals surface area contributed by atoms with Crippen molar-refractivity contribution in [2.75, 3.05) is 13.2 Å². The van der Waals surface area contributed by atoms with E-state index >= 15 is 0 Å². The van der Waals surface area contributed by atoms with Crippen LogP contribution in [0.1, 0.15) is 29.6 Å². The lowest BCUT2D eigenvalue weighted by molar-refractivity contribution is 0.0952. The van der Waals surface area contributed by atoms with E-state index in [1.807, 2.05) is 0 Å². The summed E-state index contributed by atoms with van der Waals surface area (Å²) in [6, 6.07) is 6.25. The maximum Gasteiger partial charge on any atom is 0.251 e. The van der Waals surface area contributed by atoms with E-state index in [1.165, 1.54) is 12.1 Å². The largest absolute Gasteiger partial charge is 0.508 e. The number of rotatable bonds is 6. The van der Waals surface area contributed by atoms with E-state index in [-0.39, 0.29) is 18.3 Å². The topological polar surface area (TPSA) is 69.6 Å². The van der Waals surface area contributed by atoms with Crippen molar-refractivity contribution in [3.63, 3.8) is 0 Å². The monoisotopic (exact) mass is 223 g/mol. The molecule has 1 aromatic rings. The molecule has 0 aromatic heterocycles. The van der Waals surface area contributed by atoms with Crippen LogP contribution in [0.5, 0.6) is 5.75 Å². The zero-order valence-corrected chi connectivity index (χ0v) is 9.15. The van der Waals surface area contributed by atoms with Gasteiger partial charge in [0, 0.05) is 18.7 Å². The Bertz CT molecular complexity index is 339. The SMILES string of the molecule is O=C(NCCCCCO)c1cccc(O)c1. The molecular formula is C12H17NO3. The third kappa shape index (κ3) is 4.31. The van der Waals surface area contributed by atoms with Gasteiger partial charge >= 0.3 is 0 Å². The first-order valence-electron chi connectivity index (χ1n) is 5.42. The highest BCUT2D eigenvalue weighted by atomic mass is 16.3. The second kappa shape index (κ2) is 6.85. The number of benzene rings is 1. The van der Waals surface area contributed by atoms with Crippen LogP contribution in [-0.4, -0.2) is 29.3 Å². The Morgan fingerprint density at radius 1 is 1.25 bits per heavy atom. The van der Waals surface area contributed by atoms with Crippen LogP contribution < -0.4 is 5.32 Å². The second-order valence-electron chi connectivity index (χ2n) is 3.59. The zero-order chi connectivity index (χ0) is 11.8. The summed E-state index contributed by atoms with van der Waals surface area (Å²) >= 11 is 0. The highest BCUT2D eigenvalue weighted by Crippen LogP contribution is 2.10. The van der Waals surface area contributed by atoms with E-state index in [9.17, 15) is 9.90 Å². The molecular weight excluding hydrogens is 206 g/mol. The number of phenols is 1. The average molecular weight is 223 g/mol. The predicted octanol–water partition coefficient (Wildman–Crippen LogP) is 1.28. The molecule has 1 amide bonds. The fraction of sp³-hybridized carbons (Fsp3) is 0.417. The lowest BCUT2D eigenvalue weighted by Gasteiger charge is -2.04. The molecule has 1 rings (SSSR count). The van der Waals surface area contributed by atoms with E-state index in [0.717, 1.165) is 19.3 Å². The molecule has 0 saturated heterocycles. The molecule has 0 heterocycles. The molecule has 4 heteroatoms. The fourth-order valence-electron chi connectivity index (χ4n) is 1.36. The first-order valence-corrected chi connectivity index (χ1v) is 5.42. The molecule has 16 heavy (non-hydrogen) atoms. The van der Waals surface area contributed by atoms with Crippen molar-refractivity contribution < 1.29 is 15.0 Å². The lowest BCUT2D eigenvalue weighted by atomic mass is 10.2. The minimum Gasteiger partial charge on any atom is -0.508 e. The number of unbranched alkanes of at least 4 members (excludes halogenated alkanes) is 2. The van der Waals surface area contributed by atoms with Crippen molar-refractivity contribution in [3.05, 3.63) is 29.8 Å². The molecule has 0 aliphatic rings. The summed E-state index contributed by atoms with van der Waals surface area (Å²) in [5, 5.41) is 20.5. The van der Waals surface area contributed by atoms with Gasteiger partial charge in [0.05, 0.1) is 0 Å². The smallest absolute Gasteiger partial charge is 0.251 e. The highest BCUT2D eigenvalue weighted by molar-refractivity contribution is 5.94. The third-order valence-electron chi connectivity index (χ3n) is 2.23. The molecule has 0 spiro atoms. The maximum atomic E-state index is 11.6. The minimum atomic E-state index is -0.181. The summed E-state index contributed by atoms with van der Waals surface area (Å²) < 4.78 is 0. The molecule has 4 nitrogen and oxygen atoms in total. The molecule has 1 aromatic carbocycles. The Kier molecular flexibility index (Phi) is 5.36. The zero-order valence-electron chi connectivity index (χ0n) is 9.15. The molecule has 0 radical (unpaired) electrons. The lowest BCUT2D eigenvalue weighted by Crippen LogP contribution is -2.24. The maximum absolute atomic E-state index is 11.6. The van der Waals surface area contributed by atoms with E-state index in [1.54, 1.807) is 12.1 Å². The predicted molar refractivity (Wildman–Crippen MR) is 61.4 cm³/mol. The Morgan fingerprint density at radius 3 is 2.75 bits per heavy atom. The Balaban J connectivity index is 2.30. The molecule has 0 unspecified atom stereocenters. The van der Waals surface area contributed by atoms with Crippen molar-refractivity contribution in [2.24, 2.45) is 0 Å². The van der Waals surface area contributed by atoms with E-state index in [2.05, 4.69) is 5.32 Å². The van der Waals surface area contributed by atoms with Gasteiger partial charge in [0.25, 0.3) is 5.91 Å². The van der Waals surface area contributed by atoms with E-state index < -0.39 is 0 Å². The van der Waals surface area contributed by atoms with Crippen LogP contribution in [0.2, 0.25) is 0 Å². The number of amides is 1. The van der Waals surface area contributed by atoms with Crippen molar-refractivity contribution in [1.82, 2.24) is 5.32 Å². The third-order valence-corrected chi connectivity index (χ3v) is 2.23. The van der Waals surface area contributed by atoms with E-state index in [4.69, 9.17) is 5.11 Å². The first-order chi connectivity index (χ1) is 7.74. The van der Waals surface area contributed by atoms with Crippen molar-refractivity contribution >= 4 is 5.91 Å². The highest BCUT2D eigenvalue weighted by Gasteiger charge is 2.04. The van der Waals surface area contributed by atoms with Crippen LogP contribution in [0, 0.1) is 0 Å².